The molecule has 0 amide bonds. The molecule has 1 unspecified atom stereocenters. The van der Waals surface area contributed by atoms with Gasteiger partial charge >= 0.3 is 0 Å². The maximum atomic E-state index is 13.7. The number of aryl methyl sites for hydroxylation is 1. The molecule has 0 saturated heterocycles. The van der Waals surface area contributed by atoms with Crippen molar-refractivity contribution in [1.29, 1.82) is 0 Å². The fourth-order valence-electron chi connectivity index (χ4n) is 2.59. The van der Waals surface area contributed by atoms with Gasteiger partial charge in [-0.05, 0) is 42.7 Å². The predicted molar refractivity (Wildman–Crippen MR) is 74.2 cm³/mol. The van der Waals surface area contributed by atoms with E-state index in [-0.39, 0.29) is 17.6 Å². The Labute approximate surface area is 112 Å². The molecule has 98 valence electrons. The van der Waals surface area contributed by atoms with Crippen molar-refractivity contribution in [3.8, 4) is 5.75 Å². The van der Waals surface area contributed by atoms with Gasteiger partial charge in [0.05, 0.1) is 13.2 Å². The van der Waals surface area contributed by atoms with Crippen LogP contribution in [0.4, 0.5) is 10.1 Å². The molecule has 1 aliphatic heterocycles. The summed E-state index contributed by atoms with van der Waals surface area (Å²) in [6.45, 7) is 2.08. The molecule has 1 N–H and O–H groups in total. The van der Waals surface area contributed by atoms with Crippen LogP contribution in [0.2, 0.25) is 0 Å². The van der Waals surface area contributed by atoms with E-state index < -0.39 is 0 Å². The monoisotopic (exact) mass is 257 g/mol. The van der Waals surface area contributed by atoms with Crippen LogP contribution in [-0.2, 0) is 6.42 Å². The number of ether oxygens (including phenoxy) is 1. The van der Waals surface area contributed by atoms with Crippen molar-refractivity contribution in [2.24, 2.45) is 0 Å². The third kappa shape index (κ3) is 2.16. The first kappa shape index (κ1) is 12.0. The number of nitrogens with one attached hydrogen (secondary N) is 1. The molecule has 0 aromatic heterocycles. The lowest BCUT2D eigenvalue weighted by Gasteiger charge is -2.12. The van der Waals surface area contributed by atoms with Crippen molar-refractivity contribution in [2.75, 3.05) is 12.4 Å². The largest absolute Gasteiger partial charge is 0.494 e. The average molecular weight is 257 g/mol. The fraction of sp³-hybridized carbons (Fsp3) is 0.250. The van der Waals surface area contributed by atoms with Crippen LogP contribution in [0.3, 0.4) is 0 Å². The molecule has 3 heteroatoms. The van der Waals surface area contributed by atoms with Crippen LogP contribution < -0.4 is 10.1 Å². The van der Waals surface area contributed by atoms with E-state index in [1.807, 2.05) is 6.07 Å². The third-order valence-corrected chi connectivity index (χ3v) is 3.59. The first-order valence-electron chi connectivity index (χ1n) is 6.37. The highest BCUT2D eigenvalue weighted by Gasteiger charge is 2.22. The number of hydrogen-bond acceptors (Lipinski definition) is 2. The summed E-state index contributed by atoms with van der Waals surface area (Å²) in [6.07, 6.45) is 0.892. The number of anilines is 1. The summed E-state index contributed by atoms with van der Waals surface area (Å²) < 4.78 is 18.7. The predicted octanol–water partition coefficient (Wildman–Crippen LogP) is 3.85. The lowest BCUT2D eigenvalue weighted by Crippen LogP contribution is -2.06. The SMILES string of the molecule is COc1ccc(C2Cc3cc(C)ccc3N2)cc1F. The highest BCUT2D eigenvalue weighted by Crippen LogP contribution is 2.35. The summed E-state index contributed by atoms with van der Waals surface area (Å²) >= 11 is 0. The molecule has 19 heavy (non-hydrogen) atoms. The molecule has 2 aromatic carbocycles. The summed E-state index contributed by atoms with van der Waals surface area (Å²) in [4.78, 5) is 0. The van der Waals surface area contributed by atoms with Crippen molar-refractivity contribution in [2.45, 2.75) is 19.4 Å². The van der Waals surface area contributed by atoms with Crippen molar-refractivity contribution in [1.82, 2.24) is 0 Å². The van der Waals surface area contributed by atoms with E-state index in [0.29, 0.717) is 0 Å². The normalized spacial score (nSPS) is 16.9. The first-order valence-corrected chi connectivity index (χ1v) is 6.37. The molecule has 1 aliphatic rings. The Morgan fingerprint density at radius 3 is 2.79 bits per heavy atom. The van der Waals surface area contributed by atoms with E-state index in [0.717, 1.165) is 17.7 Å². The van der Waals surface area contributed by atoms with Crippen LogP contribution in [-0.4, -0.2) is 7.11 Å². The van der Waals surface area contributed by atoms with Crippen molar-refractivity contribution >= 4 is 5.69 Å². The number of rotatable bonds is 2. The average Bonchev–Trinajstić information content (AvgIpc) is 2.81. The molecule has 1 atom stereocenters. The van der Waals surface area contributed by atoms with Crippen LogP contribution in [0.5, 0.6) is 5.75 Å². The molecule has 1 heterocycles. The van der Waals surface area contributed by atoms with Crippen LogP contribution in [0.25, 0.3) is 0 Å². The van der Waals surface area contributed by atoms with E-state index in [1.54, 1.807) is 12.1 Å². The van der Waals surface area contributed by atoms with Gasteiger partial charge in [0.25, 0.3) is 0 Å². The molecule has 3 rings (SSSR count). The molecule has 0 aliphatic carbocycles. The van der Waals surface area contributed by atoms with E-state index in [4.69, 9.17) is 4.74 Å². The minimum Gasteiger partial charge on any atom is -0.494 e. The maximum Gasteiger partial charge on any atom is 0.165 e. The minimum absolute atomic E-state index is 0.136. The zero-order valence-electron chi connectivity index (χ0n) is 11.0. The number of hydrogen-bond donors (Lipinski definition) is 1. The molecular weight excluding hydrogens is 241 g/mol. The maximum absolute atomic E-state index is 13.7. The van der Waals surface area contributed by atoms with Crippen molar-refractivity contribution in [3.05, 3.63) is 58.9 Å². The second-order valence-electron chi connectivity index (χ2n) is 4.96. The molecular formula is C16H16FNO. The van der Waals surface area contributed by atoms with Gasteiger partial charge in [0.2, 0.25) is 0 Å². The van der Waals surface area contributed by atoms with Gasteiger partial charge in [-0.2, -0.15) is 0 Å². The van der Waals surface area contributed by atoms with E-state index in [9.17, 15) is 4.39 Å². The summed E-state index contributed by atoms with van der Waals surface area (Å²) in [7, 11) is 1.48. The number of benzene rings is 2. The molecule has 2 nitrogen and oxygen atoms in total. The van der Waals surface area contributed by atoms with Crippen LogP contribution in [0.1, 0.15) is 22.7 Å². The molecule has 0 bridgehead atoms. The number of halogens is 1. The second kappa shape index (κ2) is 4.57. The zero-order chi connectivity index (χ0) is 13.4. The fourth-order valence-corrected chi connectivity index (χ4v) is 2.59. The van der Waals surface area contributed by atoms with Gasteiger partial charge < -0.3 is 10.1 Å². The van der Waals surface area contributed by atoms with E-state index >= 15 is 0 Å². The Balaban J connectivity index is 1.88. The Hall–Kier alpha value is -2.03. The Morgan fingerprint density at radius 1 is 1.21 bits per heavy atom. The van der Waals surface area contributed by atoms with E-state index in [1.165, 1.54) is 18.2 Å². The third-order valence-electron chi connectivity index (χ3n) is 3.59. The Morgan fingerprint density at radius 2 is 2.05 bits per heavy atom. The van der Waals surface area contributed by atoms with Gasteiger partial charge in [0.1, 0.15) is 0 Å². The Bertz CT molecular complexity index is 624. The quantitative estimate of drug-likeness (QED) is 0.882. The van der Waals surface area contributed by atoms with Crippen molar-refractivity contribution in [3.63, 3.8) is 0 Å². The van der Waals surface area contributed by atoms with Gasteiger partial charge in [-0.15, -0.1) is 0 Å². The molecule has 0 fully saturated rings. The molecule has 0 saturated carbocycles. The molecule has 0 spiro atoms. The number of methoxy groups -OCH3 is 1. The van der Waals surface area contributed by atoms with Gasteiger partial charge in [-0.25, -0.2) is 4.39 Å². The summed E-state index contributed by atoms with van der Waals surface area (Å²) in [5.74, 6) is -0.0240. The number of fused-ring (bicyclic) bond motifs is 1. The Kier molecular flexibility index (Phi) is 2.90. The summed E-state index contributed by atoms with van der Waals surface area (Å²) in [5, 5.41) is 3.44. The summed E-state index contributed by atoms with van der Waals surface area (Å²) in [5.41, 5.74) is 4.64. The second-order valence-corrected chi connectivity index (χ2v) is 4.96. The smallest absolute Gasteiger partial charge is 0.165 e. The van der Waals surface area contributed by atoms with Gasteiger partial charge in [-0.1, -0.05) is 23.8 Å². The minimum atomic E-state index is -0.311. The standard InChI is InChI=1S/C16H16FNO/c1-10-3-5-14-12(7-10)9-15(18-14)11-4-6-16(19-2)13(17)8-11/h3-8,15,18H,9H2,1-2H3. The summed E-state index contributed by atoms with van der Waals surface area (Å²) in [6, 6.07) is 11.6. The van der Waals surface area contributed by atoms with E-state index in [2.05, 4.69) is 30.4 Å². The topological polar surface area (TPSA) is 21.3 Å². The lowest BCUT2D eigenvalue weighted by atomic mass is 10.0. The lowest BCUT2D eigenvalue weighted by molar-refractivity contribution is 0.386. The van der Waals surface area contributed by atoms with Crippen LogP contribution in [0.15, 0.2) is 36.4 Å². The zero-order valence-corrected chi connectivity index (χ0v) is 11.0. The molecule has 2 aromatic rings. The van der Waals surface area contributed by atoms with Gasteiger partial charge in [0, 0.05) is 5.69 Å². The van der Waals surface area contributed by atoms with Crippen LogP contribution >= 0.6 is 0 Å². The highest BCUT2D eigenvalue weighted by molar-refractivity contribution is 5.59. The van der Waals surface area contributed by atoms with Crippen molar-refractivity contribution < 1.29 is 9.13 Å². The van der Waals surface area contributed by atoms with Gasteiger partial charge in [-0.3, -0.25) is 0 Å². The molecule has 0 radical (unpaired) electrons. The van der Waals surface area contributed by atoms with Crippen LogP contribution in [0, 0.1) is 12.7 Å². The first-order chi connectivity index (χ1) is 9.17. The highest BCUT2D eigenvalue weighted by atomic mass is 19.1. The van der Waals surface area contributed by atoms with Gasteiger partial charge in [0.15, 0.2) is 11.6 Å².